The molecule has 7 nitrogen and oxygen atoms in total. The number of carbonyl (C=O) groups excluding carboxylic acids is 2. The molecule has 2 aliphatic heterocycles. The molecule has 1 fully saturated rings. The molecule has 2 heterocycles. The van der Waals surface area contributed by atoms with Crippen molar-refractivity contribution in [3.63, 3.8) is 0 Å². The second kappa shape index (κ2) is 8.34. The van der Waals surface area contributed by atoms with Crippen molar-refractivity contribution in [3.8, 4) is 11.5 Å². The molecule has 2 aliphatic rings. The summed E-state index contributed by atoms with van der Waals surface area (Å²) in [5.74, 6) is 0.0824. The lowest BCUT2D eigenvalue weighted by Gasteiger charge is -2.54. The number of nitrogens with one attached hydrogen (secondary N) is 2. The average molecular weight is 472 g/mol. The molecule has 7 heteroatoms. The number of methoxy groups -OCH3 is 1. The van der Waals surface area contributed by atoms with Gasteiger partial charge in [-0.15, -0.1) is 0 Å². The summed E-state index contributed by atoms with van der Waals surface area (Å²) in [6.45, 7) is 7.75. The minimum Gasteiger partial charge on any atom is -0.493 e. The molecule has 0 saturated carbocycles. The molecule has 0 aliphatic carbocycles. The van der Waals surface area contributed by atoms with E-state index >= 15 is 0 Å². The Hall–Kier alpha value is -4.00. The number of carbonyl (C=O) groups is 2. The molecule has 5 rings (SSSR count). The van der Waals surface area contributed by atoms with E-state index in [9.17, 15) is 9.59 Å². The van der Waals surface area contributed by atoms with Crippen LogP contribution in [0.3, 0.4) is 0 Å². The van der Waals surface area contributed by atoms with Crippen molar-refractivity contribution in [3.05, 3.63) is 82.9 Å². The highest BCUT2D eigenvalue weighted by Gasteiger charge is 2.60. The number of fused-ring (bicyclic) bond motifs is 4. The molecule has 35 heavy (non-hydrogen) atoms. The van der Waals surface area contributed by atoms with E-state index in [4.69, 9.17) is 9.47 Å². The van der Waals surface area contributed by atoms with Crippen LogP contribution >= 0.6 is 0 Å². The van der Waals surface area contributed by atoms with Gasteiger partial charge in [0.05, 0.1) is 13.2 Å². The van der Waals surface area contributed by atoms with Gasteiger partial charge in [-0.05, 0) is 57.5 Å². The van der Waals surface area contributed by atoms with Gasteiger partial charge in [-0.3, -0.25) is 9.69 Å². The van der Waals surface area contributed by atoms with Gasteiger partial charge in [0.2, 0.25) is 11.6 Å². The Labute approximate surface area is 205 Å². The highest BCUT2D eigenvalue weighted by molar-refractivity contribution is 6.01. The van der Waals surface area contributed by atoms with Crippen LogP contribution in [-0.2, 0) is 4.79 Å². The van der Waals surface area contributed by atoms with E-state index in [-0.39, 0.29) is 11.9 Å². The van der Waals surface area contributed by atoms with E-state index in [1.807, 2.05) is 81.4 Å². The standard InChI is InChI=1S/C28H29N3O4/c1-16-9-12-19(13-10-16)31-27(33)30-24-20-7-6-8-22(34-5)25(20)35-28(31,4)23(24)26(32)29-21-14-11-17(2)15-18(21)3/h6-15,23-24H,1-5H3,(H,29,32)(H,30,33)/t23-,24+,28-/m0/s1. The maximum Gasteiger partial charge on any atom is 0.325 e. The van der Waals surface area contributed by atoms with Crippen molar-refractivity contribution in [2.24, 2.45) is 5.92 Å². The summed E-state index contributed by atoms with van der Waals surface area (Å²) in [5, 5.41) is 6.16. The van der Waals surface area contributed by atoms with Crippen LogP contribution in [0.1, 0.15) is 35.2 Å². The number of ether oxygens (including phenoxy) is 2. The number of nitrogens with zero attached hydrogens (tertiary/aromatic N) is 1. The Kier molecular flexibility index (Phi) is 5.43. The zero-order valence-corrected chi connectivity index (χ0v) is 20.5. The Morgan fingerprint density at radius 1 is 1.06 bits per heavy atom. The van der Waals surface area contributed by atoms with Crippen molar-refractivity contribution in [2.45, 2.75) is 39.5 Å². The summed E-state index contributed by atoms with van der Waals surface area (Å²) in [6.07, 6.45) is 0. The molecule has 2 bridgehead atoms. The van der Waals surface area contributed by atoms with E-state index < -0.39 is 17.7 Å². The number of hydrogen-bond acceptors (Lipinski definition) is 4. The highest BCUT2D eigenvalue weighted by Crippen LogP contribution is 2.52. The van der Waals surface area contributed by atoms with E-state index in [0.29, 0.717) is 22.7 Å². The first-order valence-electron chi connectivity index (χ1n) is 11.6. The van der Waals surface area contributed by atoms with Gasteiger partial charge in [0.15, 0.2) is 11.5 Å². The number of rotatable bonds is 4. The lowest BCUT2D eigenvalue weighted by atomic mass is 9.78. The Balaban J connectivity index is 1.64. The first-order valence-corrected chi connectivity index (χ1v) is 11.6. The van der Waals surface area contributed by atoms with Crippen molar-refractivity contribution < 1.29 is 19.1 Å². The van der Waals surface area contributed by atoms with Gasteiger partial charge in [-0.2, -0.15) is 0 Å². The number of amides is 3. The van der Waals surface area contributed by atoms with Crippen molar-refractivity contribution in [1.82, 2.24) is 5.32 Å². The van der Waals surface area contributed by atoms with Crippen LogP contribution in [0.15, 0.2) is 60.7 Å². The first kappa shape index (κ1) is 22.8. The lowest BCUT2D eigenvalue weighted by Crippen LogP contribution is -2.72. The fourth-order valence-corrected chi connectivity index (χ4v) is 5.18. The Morgan fingerprint density at radius 3 is 2.46 bits per heavy atom. The number of para-hydroxylation sites is 1. The van der Waals surface area contributed by atoms with Crippen molar-refractivity contribution >= 4 is 23.3 Å². The third-order valence-electron chi connectivity index (χ3n) is 6.92. The fourth-order valence-electron chi connectivity index (χ4n) is 5.18. The first-order chi connectivity index (χ1) is 16.7. The van der Waals surface area contributed by atoms with Crippen molar-refractivity contribution in [2.75, 3.05) is 17.3 Å². The molecule has 3 aromatic rings. The minimum absolute atomic E-state index is 0.241. The smallest absolute Gasteiger partial charge is 0.325 e. The number of aryl methyl sites for hydroxylation is 3. The summed E-state index contributed by atoms with van der Waals surface area (Å²) in [4.78, 5) is 28.9. The Morgan fingerprint density at radius 2 is 1.77 bits per heavy atom. The molecule has 3 atom stereocenters. The maximum atomic E-state index is 13.9. The van der Waals surface area contributed by atoms with E-state index in [1.165, 1.54) is 4.90 Å². The van der Waals surface area contributed by atoms with E-state index in [1.54, 1.807) is 14.0 Å². The van der Waals surface area contributed by atoms with Crippen LogP contribution in [0.4, 0.5) is 16.2 Å². The molecule has 0 spiro atoms. The largest absolute Gasteiger partial charge is 0.493 e. The lowest BCUT2D eigenvalue weighted by molar-refractivity contribution is -0.131. The van der Waals surface area contributed by atoms with Gasteiger partial charge in [0.1, 0.15) is 5.92 Å². The van der Waals surface area contributed by atoms with Crippen molar-refractivity contribution in [1.29, 1.82) is 0 Å². The SMILES string of the molecule is COc1cccc2c1O[C@@]1(C)[C@H](C(=O)Nc3ccc(C)cc3C)[C@@H]2NC(=O)N1c1ccc(C)cc1. The van der Waals surface area contributed by atoms with Gasteiger partial charge < -0.3 is 20.1 Å². The zero-order chi connectivity index (χ0) is 24.9. The number of benzene rings is 3. The average Bonchev–Trinajstić information content (AvgIpc) is 2.81. The molecule has 3 aromatic carbocycles. The monoisotopic (exact) mass is 471 g/mol. The van der Waals surface area contributed by atoms with Gasteiger partial charge in [-0.1, -0.05) is 47.5 Å². The van der Waals surface area contributed by atoms with Crippen LogP contribution in [0.2, 0.25) is 0 Å². The normalized spacial score (nSPS) is 22.5. The summed E-state index contributed by atoms with van der Waals surface area (Å²) < 4.78 is 12.1. The topological polar surface area (TPSA) is 79.9 Å². The third-order valence-corrected chi connectivity index (χ3v) is 6.92. The fraction of sp³-hybridized carbons (Fsp3) is 0.286. The van der Waals surface area contributed by atoms with Crippen LogP contribution in [0.25, 0.3) is 0 Å². The molecular weight excluding hydrogens is 442 g/mol. The molecule has 180 valence electrons. The minimum atomic E-state index is -1.31. The van der Waals surface area contributed by atoms with E-state index in [0.717, 1.165) is 22.4 Å². The van der Waals surface area contributed by atoms with Crippen LogP contribution < -0.4 is 25.0 Å². The second-order valence-corrected chi connectivity index (χ2v) is 9.42. The number of anilines is 2. The van der Waals surface area contributed by atoms with E-state index in [2.05, 4.69) is 10.6 Å². The molecule has 2 N–H and O–H groups in total. The van der Waals surface area contributed by atoms with Gasteiger partial charge in [-0.25, -0.2) is 4.79 Å². The summed E-state index contributed by atoms with van der Waals surface area (Å²) >= 11 is 0. The Bertz CT molecular complexity index is 1320. The third kappa shape index (κ3) is 3.67. The van der Waals surface area contributed by atoms with Crippen LogP contribution in [0.5, 0.6) is 11.5 Å². The van der Waals surface area contributed by atoms with Crippen LogP contribution in [0, 0.1) is 26.7 Å². The summed E-state index contributed by atoms with van der Waals surface area (Å²) in [6, 6.07) is 18.1. The number of urea groups is 1. The van der Waals surface area contributed by atoms with Crippen LogP contribution in [-0.4, -0.2) is 24.8 Å². The zero-order valence-electron chi connectivity index (χ0n) is 20.5. The predicted octanol–water partition coefficient (Wildman–Crippen LogP) is 5.25. The molecule has 0 radical (unpaired) electrons. The van der Waals surface area contributed by atoms with Gasteiger partial charge in [0, 0.05) is 16.9 Å². The number of hydrogen-bond donors (Lipinski definition) is 2. The summed E-state index contributed by atoms with van der Waals surface area (Å²) in [7, 11) is 1.58. The maximum absolute atomic E-state index is 13.9. The van der Waals surface area contributed by atoms with Gasteiger partial charge in [0.25, 0.3) is 0 Å². The molecule has 1 saturated heterocycles. The quantitative estimate of drug-likeness (QED) is 0.544. The molecular formula is C28H29N3O4. The molecule has 0 aromatic heterocycles. The summed E-state index contributed by atoms with van der Waals surface area (Å²) in [5.41, 5.74) is 3.90. The highest BCUT2D eigenvalue weighted by atomic mass is 16.5. The van der Waals surface area contributed by atoms with Gasteiger partial charge >= 0.3 is 6.03 Å². The molecule has 0 unspecified atom stereocenters. The molecule has 3 amide bonds. The second-order valence-electron chi connectivity index (χ2n) is 9.42. The predicted molar refractivity (Wildman–Crippen MR) is 135 cm³/mol.